The summed E-state index contributed by atoms with van der Waals surface area (Å²) in [7, 11) is -1.03. The maximum Gasteiger partial charge on any atom is 0.140 e. The minimum Gasteiger partial charge on any atom is -0.360 e. The molecule has 0 fully saturated rings. The number of nitrogens with zero attached hydrogens (tertiary/aromatic N) is 2. The van der Waals surface area contributed by atoms with Crippen molar-refractivity contribution in [2.45, 2.75) is 32.4 Å². The molecule has 0 aliphatic rings. The van der Waals surface area contributed by atoms with E-state index in [1.165, 1.54) is 6.04 Å². The molecule has 0 N–H and O–H groups in total. The van der Waals surface area contributed by atoms with Crippen molar-refractivity contribution >= 4 is 24.0 Å². The number of ether oxygens (including phenoxy) is 1. The molecular weight excluding hydrogens is 332 g/mol. The molecule has 0 radical (unpaired) electrons. The lowest BCUT2D eigenvalue weighted by Gasteiger charge is -2.15. The largest absolute Gasteiger partial charge is 0.360 e. The fourth-order valence-electron chi connectivity index (χ4n) is 1.85. The van der Waals surface area contributed by atoms with Crippen molar-refractivity contribution in [1.82, 2.24) is 9.78 Å². The summed E-state index contributed by atoms with van der Waals surface area (Å²) in [6, 6.07) is 13.5. The Morgan fingerprint density at radius 1 is 1.20 bits per heavy atom. The molecule has 2 rings (SSSR count). The highest BCUT2D eigenvalue weighted by atomic mass is 79.9. The number of hydrogen-bond acceptors (Lipinski definition) is 2. The van der Waals surface area contributed by atoms with Crippen LogP contribution in [0.15, 0.2) is 41.0 Å². The summed E-state index contributed by atoms with van der Waals surface area (Å²) < 4.78 is 8.53. The van der Waals surface area contributed by atoms with Gasteiger partial charge in [-0.05, 0) is 33.6 Å². The van der Waals surface area contributed by atoms with Gasteiger partial charge in [0.25, 0.3) is 0 Å². The molecule has 1 aromatic heterocycles. The quantitative estimate of drug-likeness (QED) is 0.559. The first-order valence-corrected chi connectivity index (χ1v) is 11.3. The Morgan fingerprint density at radius 3 is 2.55 bits per heavy atom. The molecular formula is C15H21BrN2OSi. The highest BCUT2D eigenvalue weighted by molar-refractivity contribution is 9.10. The Bertz CT molecular complexity index is 549. The predicted molar refractivity (Wildman–Crippen MR) is 89.5 cm³/mol. The molecule has 0 bridgehead atoms. The maximum atomic E-state index is 5.79. The van der Waals surface area contributed by atoms with Gasteiger partial charge in [-0.2, -0.15) is 5.10 Å². The second-order valence-electron chi connectivity index (χ2n) is 6.07. The Labute approximate surface area is 130 Å². The van der Waals surface area contributed by atoms with Crippen molar-refractivity contribution < 1.29 is 4.74 Å². The molecule has 0 spiro atoms. The van der Waals surface area contributed by atoms with E-state index >= 15 is 0 Å². The van der Waals surface area contributed by atoms with Gasteiger partial charge in [0.05, 0.1) is 5.69 Å². The van der Waals surface area contributed by atoms with Crippen molar-refractivity contribution in [3.05, 3.63) is 41.0 Å². The highest BCUT2D eigenvalue weighted by Crippen LogP contribution is 2.22. The van der Waals surface area contributed by atoms with Crippen LogP contribution in [0.5, 0.6) is 0 Å². The van der Waals surface area contributed by atoms with Gasteiger partial charge >= 0.3 is 0 Å². The van der Waals surface area contributed by atoms with E-state index in [4.69, 9.17) is 4.74 Å². The Morgan fingerprint density at radius 2 is 1.90 bits per heavy atom. The van der Waals surface area contributed by atoms with Crippen LogP contribution in [0.4, 0.5) is 0 Å². The van der Waals surface area contributed by atoms with Crippen LogP contribution in [-0.2, 0) is 11.5 Å². The van der Waals surface area contributed by atoms with Crippen LogP contribution >= 0.6 is 15.9 Å². The van der Waals surface area contributed by atoms with Crippen LogP contribution in [0, 0.1) is 0 Å². The summed E-state index contributed by atoms with van der Waals surface area (Å²) in [5.41, 5.74) is 2.23. The van der Waals surface area contributed by atoms with Crippen LogP contribution in [0.1, 0.15) is 0 Å². The second-order valence-corrected chi connectivity index (χ2v) is 12.5. The van der Waals surface area contributed by atoms with Crippen LogP contribution in [-0.4, -0.2) is 24.5 Å². The van der Waals surface area contributed by atoms with Crippen molar-refractivity contribution in [1.29, 1.82) is 0 Å². The van der Waals surface area contributed by atoms with Crippen LogP contribution < -0.4 is 0 Å². The SMILES string of the molecule is C[Si](C)(C)CCOCn1nc(Br)cc1-c1ccccc1. The predicted octanol–water partition coefficient (Wildman–Crippen LogP) is 4.62. The molecule has 0 amide bonds. The summed E-state index contributed by atoms with van der Waals surface area (Å²) in [6.45, 7) is 8.38. The van der Waals surface area contributed by atoms with Gasteiger partial charge in [0.15, 0.2) is 0 Å². The van der Waals surface area contributed by atoms with E-state index in [0.29, 0.717) is 6.73 Å². The molecule has 20 heavy (non-hydrogen) atoms. The molecule has 0 aliphatic heterocycles. The van der Waals surface area contributed by atoms with Crippen LogP contribution in [0.25, 0.3) is 11.3 Å². The van der Waals surface area contributed by atoms with Crippen molar-refractivity contribution in [2.24, 2.45) is 0 Å². The Kier molecular flexibility index (Phi) is 5.18. The van der Waals surface area contributed by atoms with Gasteiger partial charge in [-0.1, -0.05) is 50.0 Å². The van der Waals surface area contributed by atoms with Gasteiger partial charge in [0, 0.05) is 14.7 Å². The fourth-order valence-corrected chi connectivity index (χ4v) is 3.02. The normalized spacial score (nSPS) is 11.8. The summed E-state index contributed by atoms with van der Waals surface area (Å²) in [6.07, 6.45) is 0. The number of aromatic nitrogens is 2. The Hall–Kier alpha value is -0.913. The Balaban J connectivity index is 2.02. The van der Waals surface area contributed by atoms with Gasteiger partial charge in [-0.25, -0.2) is 4.68 Å². The summed E-state index contributed by atoms with van der Waals surface area (Å²) in [4.78, 5) is 0. The molecule has 2 aromatic rings. The summed E-state index contributed by atoms with van der Waals surface area (Å²) in [5.74, 6) is 0. The van der Waals surface area contributed by atoms with Gasteiger partial charge in [0.2, 0.25) is 0 Å². The monoisotopic (exact) mass is 352 g/mol. The van der Waals surface area contributed by atoms with E-state index < -0.39 is 8.07 Å². The van der Waals surface area contributed by atoms with E-state index in [1.807, 2.05) is 28.9 Å². The highest BCUT2D eigenvalue weighted by Gasteiger charge is 2.13. The van der Waals surface area contributed by atoms with Crippen molar-refractivity contribution in [3.8, 4) is 11.3 Å². The second kappa shape index (κ2) is 6.69. The molecule has 5 heteroatoms. The van der Waals surface area contributed by atoms with E-state index in [1.54, 1.807) is 0 Å². The molecule has 0 aliphatic carbocycles. The fraction of sp³-hybridized carbons (Fsp3) is 0.400. The third kappa shape index (κ3) is 4.58. The summed E-state index contributed by atoms with van der Waals surface area (Å²) in [5, 5.41) is 4.44. The molecule has 1 heterocycles. The standard InChI is InChI=1S/C15H21BrN2OSi/c1-20(2,3)10-9-19-12-18-14(11-15(16)17-18)13-7-5-4-6-8-13/h4-8,11H,9-10,12H2,1-3H3. The lowest BCUT2D eigenvalue weighted by atomic mass is 10.1. The van der Waals surface area contributed by atoms with Crippen LogP contribution in [0.2, 0.25) is 25.7 Å². The minimum atomic E-state index is -1.03. The average Bonchev–Trinajstić information content (AvgIpc) is 2.76. The lowest BCUT2D eigenvalue weighted by Crippen LogP contribution is -2.22. The molecule has 0 atom stereocenters. The van der Waals surface area contributed by atoms with E-state index in [2.05, 4.69) is 52.8 Å². The number of halogens is 1. The minimum absolute atomic E-state index is 0.500. The van der Waals surface area contributed by atoms with Gasteiger partial charge in [-0.3, -0.25) is 0 Å². The molecule has 3 nitrogen and oxygen atoms in total. The molecule has 1 aromatic carbocycles. The summed E-state index contributed by atoms with van der Waals surface area (Å²) >= 11 is 3.44. The molecule has 0 saturated carbocycles. The third-order valence-corrected chi connectivity index (χ3v) is 5.12. The topological polar surface area (TPSA) is 27.1 Å². The van der Waals surface area contributed by atoms with E-state index in [-0.39, 0.29) is 0 Å². The third-order valence-electron chi connectivity index (χ3n) is 3.03. The number of hydrogen-bond donors (Lipinski definition) is 0. The first kappa shape index (κ1) is 15.5. The first-order chi connectivity index (χ1) is 9.46. The zero-order valence-corrected chi connectivity index (χ0v) is 14.9. The van der Waals surface area contributed by atoms with Gasteiger partial charge in [0.1, 0.15) is 11.3 Å². The first-order valence-electron chi connectivity index (χ1n) is 6.82. The molecule has 108 valence electrons. The molecule has 0 saturated heterocycles. The van der Waals surface area contributed by atoms with Gasteiger partial charge < -0.3 is 4.74 Å². The van der Waals surface area contributed by atoms with Gasteiger partial charge in [-0.15, -0.1) is 0 Å². The van der Waals surface area contributed by atoms with E-state index in [0.717, 1.165) is 22.5 Å². The zero-order valence-electron chi connectivity index (χ0n) is 12.3. The number of benzene rings is 1. The number of rotatable bonds is 6. The maximum absolute atomic E-state index is 5.79. The lowest BCUT2D eigenvalue weighted by molar-refractivity contribution is 0.0796. The van der Waals surface area contributed by atoms with E-state index in [9.17, 15) is 0 Å². The molecule has 0 unspecified atom stereocenters. The van der Waals surface area contributed by atoms with Crippen LogP contribution in [0.3, 0.4) is 0 Å². The smallest absolute Gasteiger partial charge is 0.140 e. The van der Waals surface area contributed by atoms with Crippen molar-refractivity contribution in [2.75, 3.05) is 6.61 Å². The average molecular weight is 353 g/mol. The zero-order chi connectivity index (χ0) is 14.6. The van der Waals surface area contributed by atoms with Crippen molar-refractivity contribution in [3.63, 3.8) is 0 Å².